The van der Waals surface area contributed by atoms with Crippen LogP contribution in [0.2, 0.25) is 0 Å². The van der Waals surface area contributed by atoms with E-state index in [-0.39, 0.29) is 30.7 Å². The molecule has 2 rings (SSSR count). The number of amides is 2. The number of benzene rings is 1. The van der Waals surface area contributed by atoms with E-state index in [2.05, 4.69) is 15.9 Å². The summed E-state index contributed by atoms with van der Waals surface area (Å²) >= 11 is 3.17. The van der Waals surface area contributed by atoms with Gasteiger partial charge in [0.15, 0.2) is 0 Å². The van der Waals surface area contributed by atoms with Crippen LogP contribution < -0.4 is 5.73 Å². The van der Waals surface area contributed by atoms with Gasteiger partial charge in [-0.15, -0.1) is 0 Å². The Hall–Kier alpha value is -2.09. The van der Waals surface area contributed by atoms with Gasteiger partial charge < -0.3 is 20.5 Å². The first-order valence-corrected chi connectivity index (χ1v) is 8.63. The molecule has 0 radical (unpaired) electrons. The van der Waals surface area contributed by atoms with Crippen LogP contribution in [0.25, 0.3) is 0 Å². The van der Waals surface area contributed by atoms with Crippen molar-refractivity contribution in [3.63, 3.8) is 0 Å². The summed E-state index contributed by atoms with van der Waals surface area (Å²) < 4.78 is 5.61. The van der Waals surface area contributed by atoms with Crippen molar-refractivity contribution in [2.75, 3.05) is 0 Å². The number of carbonyl (C=O) groups excluding carboxylic acids is 3. The number of hydrogen-bond donors (Lipinski definition) is 2. The number of nitrogens with zero attached hydrogens (tertiary/aromatic N) is 1. The fraction of sp³-hybridized carbons (Fsp3) is 0.471. The third-order valence-corrected chi connectivity index (χ3v) is 4.42. The van der Waals surface area contributed by atoms with Crippen LogP contribution in [0.15, 0.2) is 16.6 Å². The number of halogens is 1. The molecule has 1 atom stereocenters. The molecule has 1 aliphatic rings. The SMILES string of the molecule is CC(C)(C)OC(=O)CCC(C(N)=O)N1Cc2ccc(Br)c(O)c2C1=O. The minimum atomic E-state index is -0.953. The molecule has 1 heterocycles. The van der Waals surface area contributed by atoms with Gasteiger partial charge in [0.25, 0.3) is 5.91 Å². The second-order valence-corrected chi connectivity index (χ2v) is 7.76. The molecule has 25 heavy (non-hydrogen) atoms. The molecule has 136 valence electrons. The molecule has 1 aromatic carbocycles. The van der Waals surface area contributed by atoms with Crippen LogP contribution in [0, 0.1) is 0 Å². The predicted molar refractivity (Wildman–Crippen MR) is 93.7 cm³/mol. The van der Waals surface area contributed by atoms with Crippen molar-refractivity contribution in [2.24, 2.45) is 5.73 Å². The topological polar surface area (TPSA) is 110 Å². The van der Waals surface area contributed by atoms with E-state index in [1.54, 1.807) is 32.9 Å². The quantitative estimate of drug-likeness (QED) is 0.719. The van der Waals surface area contributed by atoms with Crippen molar-refractivity contribution in [1.29, 1.82) is 0 Å². The summed E-state index contributed by atoms with van der Waals surface area (Å²) in [4.78, 5) is 37.6. The number of carbonyl (C=O) groups is 3. The average molecular weight is 413 g/mol. The van der Waals surface area contributed by atoms with Crippen molar-refractivity contribution in [3.05, 3.63) is 27.7 Å². The molecular weight excluding hydrogens is 392 g/mol. The third kappa shape index (κ3) is 4.31. The minimum absolute atomic E-state index is 0.0410. The molecule has 7 nitrogen and oxygen atoms in total. The standard InChI is InChI=1S/C17H21BrN2O5/c1-17(2,3)25-12(21)7-6-11(15(19)23)20-8-9-4-5-10(18)14(22)13(9)16(20)24/h4-5,11,22H,6-8H2,1-3H3,(H2,19,23). The third-order valence-electron chi connectivity index (χ3n) is 3.78. The van der Waals surface area contributed by atoms with Crippen molar-refractivity contribution in [1.82, 2.24) is 4.90 Å². The Morgan fingerprint density at radius 3 is 2.60 bits per heavy atom. The molecule has 2 amide bonds. The van der Waals surface area contributed by atoms with Gasteiger partial charge in [-0.05, 0) is 54.8 Å². The van der Waals surface area contributed by atoms with Crippen LogP contribution in [0.5, 0.6) is 5.75 Å². The number of primary amides is 1. The summed E-state index contributed by atoms with van der Waals surface area (Å²) in [6.07, 6.45) is 0.0204. The Morgan fingerprint density at radius 2 is 2.04 bits per heavy atom. The molecule has 3 N–H and O–H groups in total. The van der Waals surface area contributed by atoms with E-state index in [1.165, 1.54) is 4.90 Å². The zero-order valence-electron chi connectivity index (χ0n) is 14.3. The van der Waals surface area contributed by atoms with Crippen LogP contribution >= 0.6 is 15.9 Å². The molecule has 0 spiro atoms. The molecule has 1 aromatic rings. The lowest BCUT2D eigenvalue weighted by Gasteiger charge is -2.25. The largest absolute Gasteiger partial charge is 0.506 e. The van der Waals surface area contributed by atoms with E-state index in [9.17, 15) is 19.5 Å². The molecule has 0 aliphatic carbocycles. The van der Waals surface area contributed by atoms with Gasteiger partial charge in [0.2, 0.25) is 5.91 Å². The van der Waals surface area contributed by atoms with E-state index < -0.39 is 29.4 Å². The van der Waals surface area contributed by atoms with Crippen LogP contribution in [-0.4, -0.2) is 39.4 Å². The maximum absolute atomic E-state index is 12.6. The van der Waals surface area contributed by atoms with Crippen molar-refractivity contribution >= 4 is 33.7 Å². The maximum Gasteiger partial charge on any atom is 0.306 e. The zero-order chi connectivity index (χ0) is 18.9. The van der Waals surface area contributed by atoms with Crippen LogP contribution in [0.1, 0.15) is 49.5 Å². The lowest BCUT2D eigenvalue weighted by molar-refractivity contribution is -0.155. The summed E-state index contributed by atoms with van der Waals surface area (Å²) in [6, 6.07) is 2.37. The van der Waals surface area contributed by atoms with Gasteiger partial charge in [-0.1, -0.05) is 6.07 Å². The molecule has 0 fully saturated rings. The van der Waals surface area contributed by atoms with Gasteiger partial charge in [0.1, 0.15) is 17.4 Å². The molecule has 8 heteroatoms. The molecular formula is C17H21BrN2O5. The molecule has 1 aliphatic heterocycles. The molecule has 0 saturated heterocycles. The first-order valence-electron chi connectivity index (χ1n) is 7.83. The first-order chi connectivity index (χ1) is 11.5. The van der Waals surface area contributed by atoms with Crippen LogP contribution in [-0.2, 0) is 20.9 Å². The maximum atomic E-state index is 12.6. The highest BCUT2D eigenvalue weighted by atomic mass is 79.9. The predicted octanol–water partition coefficient (Wildman–Crippen LogP) is 2.09. The fourth-order valence-electron chi connectivity index (χ4n) is 2.73. The number of hydrogen-bond acceptors (Lipinski definition) is 5. The highest BCUT2D eigenvalue weighted by Crippen LogP contribution is 2.37. The number of fused-ring (bicyclic) bond motifs is 1. The first kappa shape index (κ1) is 19.2. The van der Waals surface area contributed by atoms with Crippen molar-refractivity contribution < 1.29 is 24.2 Å². The number of nitrogens with two attached hydrogens (primary N) is 1. The molecule has 0 aromatic heterocycles. The normalized spacial score (nSPS) is 15.0. The van der Waals surface area contributed by atoms with Gasteiger partial charge in [0, 0.05) is 13.0 Å². The Kier molecular flexibility index (Phi) is 5.41. The van der Waals surface area contributed by atoms with E-state index in [1.807, 2.05) is 0 Å². The number of esters is 1. The van der Waals surface area contributed by atoms with E-state index in [0.29, 0.717) is 10.0 Å². The monoisotopic (exact) mass is 412 g/mol. The van der Waals surface area contributed by atoms with Gasteiger partial charge >= 0.3 is 5.97 Å². The molecule has 0 bridgehead atoms. The second kappa shape index (κ2) is 7.03. The van der Waals surface area contributed by atoms with Gasteiger partial charge in [-0.25, -0.2) is 0 Å². The fourth-order valence-corrected chi connectivity index (χ4v) is 3.06. The summed E-state index contributed by atoms with van der Waals surface area (Å²) in [7, 11) is 0. The lowest BCUT2D eigenvalue weighted by atomic mass is 10.1. The van der Waals surface area contributed by atoms with E-state index in [4.69, 9.17) is 10.5 Å². The number of phenols is 1. The van der Waals surface area contributed by atoms with E-state index >= 15 is 0 Å². The highest BCUT2D eigenvalue weighted by molar-refractivity contribution is 9.10. The zero-order valence-corrected chi connectivity index (χ0v) is 15.9. The second-order valence-electron chi connectivity index (χ2n) is 6.91. The Morgan fingerprint density at radius 1 is 1.40 bits per heavy atom. The molecule has 0 saturated carbocycles. The van der Waals surface area contributed by atoms with E-state index in [0.717, 1.165) is 0 Å². The number of aromatic hydroxyl groups is 1. The summed E-state index contributed by atoms with van der Waals surface area (Å²) in [5.41, 5.74) is 5.57. The molecule has 1 unspecified atom stereocenters. The number of rotatable bonds is 5. The van der Waals surface area contributed by atoms with Crippen molar-refractivity contribution in [3.8, 4) is 5.75 Å². The van der Waals surface area contributed by atoms with Gasteiger partial charge in [0.05, 0.1) is 10.0 Å². The average Bonchev–Trinajstić information content (AvgIpc) is 2.79. The number of ether oxygens (including phenoxy) is 1. The minimum Gasteiger partial charge on any atom is -0.506 e. The van der Waals surface area contributed by atoms with Gasteiger partial charge in [-0.3, -0.25) is 14.4 Å². The summed E-state index contributed by atoms with van der Waals surface area (Å²) in [6.45, 7) is 5.39. The number of phenolic OH excluding ortho intramolecular Hbond substituents is 1. The smallest absolute Gasteiger partial charge is 0.306 e. The van der Waals surface area contributed by atoms with Gasteiger partial charge in [-0.2, -0.15) is 0 Å². The summed E-state index contributed by atoms with van der Waals surface area (Å²) in [5, 5.41) is 10.1. The Bertz CT molecular complexity index is 726. The Labute approximate surface area is 154 Å². The Balaban J connectivity index is 2.14. The summed E-state index contributed by atoms with van der Waals surface area (Å²) in [5.74, 6) is -1.82. The van der Waals surface area contributed by atoms with Crippen LogP contribution in [0.3, 0.4) is 0 Å². The van der Waals surface area contributed by atoms with Crippen LogP contribution in [0.4, 0.5) is 0 Å². The lowest BCUT2D eigenvalue weighted by Crippen LogP contribution is -2.45. The highest BCUT2D eigenvalue weighted by Gasteiger charge is 2.38. The van der Waals surface area contributed by atoms with Crippen molar-refractivity contribution in [2.45, 2.75) is 51.8 Å².